The van der Waals surface area contributed by atoms with Gasteiger partial charge in [0.1, 0.15) is 5.56 Å². The molecule has 6 heteroatoms. The van der Waals surface area contributed by atoms with Crippen molar-refractivity contribution in [3.8, 4) is 11.3 Å². The predicted octanol–water partition coefficient (Wildman–Crippen LogP) is 2.55. The lowest BCUT2D eigenvalue weighted by atomic mass is 9.76. The molecule has 4 rings (SSSR count). The summed E-state index contributed by atoms with van der Waals surface area (Å²) in [5.74, 6) is -0.244. The number of aliphatic hydroxyl groups excluding tert-OH is 1. The number of pyridine rings is 2. The van der Waals surface area contributed by atoms with E-state index < -0.39 is 11.5 Å². The summed E-state index contributed by atoms with van der Waals surface area (Å²) in [6.07, 6.45) is 3.24. The highest BCUT2D eigenvalue weighted by Crippen LogP contribution is 2.31. The summed E-state index contributed by atoms with van der Waals surface area (Å²) in [5, 5.41) is 12.7. The second-order valence-electron chi connectivity index (χ2n) is 7.47. The monoisotopic (exact) mass is 389 g/mol. The molecule has 1 aromatic carbocycles. The number of hydrogen-bond acceptors (Lipinski definition) is 4. The molecule has 29 heavy (non-hydrogen) atoms. The second-order valence-corrected chi connectivity index (χ2v) is 7.47. The van der Waals surface area contributed by atoms with Gasteiger partial charge in [-0.25, -0.2) is 0 Å². The number of H-pyrrole nitrogens is 1. The molecule has 148 valence electrons. The minimum atomic E-state index is -0.422. The first kappa shape index (κ1) is 19.1. The summed E-state index contributed by atoms with van der Waals surface area (Å²) < 4.78 is 0. The fourth-order valence-corrected chi connectivity index (χ4v) is 3.72. The maximum Gasteiger partial charge on any atom is 0.261 e. The van der Waals surface area contributed by atoms with Crippen molar-refractivity contribution in [3.05, 3.63) is 88.5 Å². The van der Waals surface area contributed by atoms with Crippen molar-refractivity contribution in [2.45, 2.75) is 31.4 Å². The minimum absolute atomic E-state index is 0.0792. The zero-order chi connectivity index (χ0) is 20.2. The normalized spacial score (nSPS) is 19.2. The third-order valence-corrected chi connectivity index (χ3v) is 5.43. The number of carbonyl (C=O) groups excluding carboxylic acids is 1. The molecule has 0 radical (unpaired) electrons. The van der Waals surface area contributed by atoms with E-state index in [0.29, 0.717) is 25.0 Å². The average Bonchev–Trinajstić information content (AvgIpc) is 2.72. The van der Waals surface area contributed by atoms with E-state index in [-0.39, 0.29) is 23.6 Å². The highest BCUT2D eigenvalue weighted by molar-refractivity contribution is 5.94. The minimum Gasteiger partial charge on any atom is -0.393 e. The van der Waals surface area contributed by atoms with E-state index in [4.69, 9.17) is 0 Å². The van der Waals surface area contributed by atoms with E-state index in [1.54, 1.807) is 18.3 Å². The average molecular weight is 389 g/mol. The van der Waals surface area contributed by atoms with Crippen LogP contribution in [0.4, 0.5) is 0 Å². The summed E-state index contributed by atoms with van der Waals surface area (Å²) in [5.41, 5.74) is 2.07. The fraction of sp³-hybridized carbons (Fsp3) is 0.261. The smallest absolute Gasteiger partial charge is 0.261 e. The van der Waals surface area contributed by atoms with Crippen molar-refractivity contribution in [1.82, 2.24) is 15.3 Å². The molecule has 1 atom stereocenters. The van der Waals surface area contributed by atoms with Gasteiger partial charge in [0.25, 0.3) is 11.5 Å². The van der Waals surface area contributed by atoms with Crippen LogP contribution in [0, 0.1) is 5.92 Å². The molecule has 0 saturated heterocycles. The van der Waals surface area contributed by atoms with Crippen LogP contribution in [0.5, 0.6) is 0 Å². The maximum atomic E-state index is 12.8. The third kappa shape index (κ3) is 4.43. The van der Waals surface area contributed by atoms with Crippen molar-refractivity contribution in [2.24, 2.45) is 5.92 Å². The number of aliphatic hydroxyl groups is 1. The van der Waals surface area contributed by atoms with Crippen LogP contribution < -0.4 is 10.9 Å². The largest absolute Gasteiger partial charge is 0.393 e. The van der Waals surface area contributed by atoms with Crippen LogP contribution in [0.2, 0.25) is 0 Å². The van der Waals surface area contributed by atoms with Crippen molar-refractivity contribution in [2.75, 3.05) is 0 Å². The lowest BCUT2D eigenvalue weighted by Crippen LogP contribution is -2.49. The van der Waals surface area contributed by atoms with Gasteiger partial charge in [0.05, 0.1) is 6.10 Å². The number of benzene rings is 1. The number of carbonyl (C=O) groups is 1. The molecule has 1 amide bonds. The zero-order valence-corrected chi connectivity index (χ0v) is 15.9. The molecular weight excluding hydrogens is 366 g/mol. The van der Waals surface area contributed by atoms with Crippen molar-refractivity contribution in [1.29, 1.82) is 0 Å². The quantitative estimate of drug-likeness (QED) is 0.604. The number of aromatic nitrogens is 2. The van der Waals surface area contributed by atoms with Crippen LogP contribution in [0.15, 0.2) is 71.7 Å². The van der Waals surface area contributed by atoms with Crippen LogP contribution in [-0.2, 0) is 6.42 Å². The van der Waals surface area contributed by atoms with Gasteiger partial charge in [-0.05, 0) is 48.6 Å². The summed E-state index contributed by atoms with van der Waals surface area (Å²) in [6.45, 7) is 0. The molecule has 0 bridgehead atoms. The molecule has 1 fully saturated rings. The predicted molar refractivity (Wildman–Crippen MR) is 110 cm³/mol. The van der Waals surface area contributed by atoms with Crippen LogP contribution in [0.1, 0.15) is 28.9 Å². The topological polar surface area (TPSA) is 95.1 Å². The Balaban J connectivity index is 1.52. The first-order valence-electron chi connectivity index (χ1n) is 9.78. The third-order valence-electron chi connectivity index (χ3n) is 5.43. The second kappa shape index (κ2) is 8.41. The van der Waals surface area contributed by atoms with Gasteiger partial charge in [0.2, 0.25) is 0 Å². The Labute approximate surface area is 168 Å². The molecule has 0 aliphatic heterocycles. The van der Waals surface area contributed by atoms with Crippen molar-refractivity contribution < 1.29 is 9.90 Å². The summed E-state index contributed by atoms with van der Waals surface area (Å²) in [7, 11) is 0. The molecule has 1 aliphatic rings. The molecule has 3 N–H and O–H groups in total. The molecule has 0 spiro atoms. The number of aromatic amines is 1. The van der Waals surface area contributed by atoms with Gasteiger partial charge < -0.3 is 15.4 Å². The number of amides is 1. The standard InChI is InChI=1S/C23H23N3O3/c27-18-12-16(13-18)21(14-17-8-4-5-11-24-17)26-23(29)19-9-10-20(25-22(19)28)15-6-2-1-3-7-15/h1-11,16,18,21,27H,12-14H2,(H,25,28)(H,26,29). The number of hydrogen-bond donors (Lipinski definition) is 3. The van der Waals surface area contributed by atoms with Crippen LogP contribution >= 0.6 is 0 Å². The van der Waals surface area contributed by atoms with Crippen LogP contribution in [0.3, 0.4) is 0 Å². The SMILES string of the molecule is O=C(NC(Cc1ccccn1)C1CC(O)C1)c1ccc(-c2ccccc2)[nH]c1=O. The molecule has 1 aliphatic carbocycles. The van der Waals surface area contributed by atoms with Gasteiger partial charge in [-0.2, -0.15) is 0 Å². The lowest BCUT2D eigenvalue weighted by molar-refractivity contribution is 0.0237. The van der Waals surface area contributed by atoms with Gasteiger partial charge in [-0.3, -0.25) is 14.6 Å². The van der Waals surface area contributed by atoms with Crippen molar-refractivity contribution in [3.63, 3.8) is 0 Å². The molecule has 2 heterocycles. The molecular formula is C23H23N3O3. The molecule has 3 aromatic rings. The van der Waals surface area contributed by atoms with Gasteiger partial charge in [-0.1, -0.05) is 36.4 Å². The Kier molecular flexibility index (Phi) is 5.53. The van der Waals surface area contributed by atoms with Gasteiger partial charge >= 0.3 is 0 Å². The lowest BCUT2D eigenvalue weighted by Gasteiger charge is -2.38. The summed E-state index contributed by atoms with van der Waals surface area (Å²) in [6, 6.07) is 18.3. The highest BCUT2D eigenvalue weighted by atomic mass is 16.3. The summed E-state index contributed by atoms with van der Waals surface area (Å²) >= 11 is 0. The fourth-order valence-electron chi connectivity index (χ4n) is 3.72. The first-order valence-corrected chi connectivity index (χ1v) is 9.78. The first-order chi connectivity index (χ1) is 14.1. The van der Waals surface area contributed by atoms with Crippen LogP contribution in [0.25, 0.3) is 11.3 Å². The Bertz CT molecular complexity index is 1030. The van der Waals surface area contributed by atoms with Gasteiger partial charge in [0.15, 0.2) is 0 Å². The number of nitrogens with one attached hydrogen (secondary N) is 2. The van der Waals surface area contributed by atoms with E-state index in [9.17, 15) is 14.7 Å². The number of nitrogens with zero attached hydrogens (tertiary/aromatic N) is 1. The maximum absolute atomic E-state index is 12.8. The van der Waals surface area contributed by atoms with E-state index in [1.807, 2.05) is 48.5 Å². The van der Waals surface area contributed by atoms with Crippen LogP contribution in [-0.4, -0.2) is 33.1 Å². The van der Waals surface area contributed by atoms with E-state index in [2.05, 4.69) is 15.3 Å². The Morgan fingerprint density at radius 3 is 2.52 bits per heavy atom. The van der Waals surface area contributed by atoms with E-state index in [0.717, 1.165) is 11.3 Å². The zero-order valence-electron chi connectivity index (χ0n) is 15.9. The Hall–Kier alpha value is -3.25. The van der Waals surface area contributed by atoms with E-state index >= 15 is 0 Å². The van der Waals surface area contributed by atoms with Gasteiger partial charge in [0, 0.05) is 30.0 Å². The molecule has 2 aromatic heterocycles. The highest BCUT2D eigenvalue weighted by Gasteiger charge is 2.35. The number of rotatable bonds is 6. The Morgan fingerprint density at radius 1 is 1.10 bits per heavy atom. The molecule has 1 saturated carbocycles. The van der Waals surface area contributed by atoms with Crippen molar-refractivity contribution >= 4 is 5.91 Å². The molecule has 1 unspecified atom stereocenters. The Morgan fingerprint density at radius 2 is 1.86 bits per heavy atom. The molecule has 6 nitrogen and oxygen atoms in total. The van der Waals surface area contributed by atoms with E-state index in [1.165, 1.54) is 0 Å². The summed E-state index contributed by atoms with van der Waals surface area (Å²) in [4.78, 5) is 32.5. The van der Waals surface area contributed by atoms with Gasteiger partial charge in [-0.15, -0.1) is 0 Å².